The summed E-state index contributed by atoms with van der Waals surface area (Å²) < 4.78 is 5.39. The lowest BCUT2D eigenvalue weighted by Gasteiger charge is -2.15. The molecule has 0 bridgehead atoms. The maximum atomic E-state index is 12.1. The molecule has 0 saturated carbocycles. The fraction of sp³-hybridized carbons (Fsp3) is 0.211. The van der Waals surface area contributed by atoms with Gasteiger partial charge in [-0.25, -0.2) is 0 Å². The number of carbonyl (C=O) groups is 3. The smallest absolute Gasteiger partial charge is 0.319 e. The van der Waals surface area contributed by atoms with Gasteiger partial charge in [-0.05, 0) is 22.3 Å². The second-order valence-corrected chi connectivity index (χ2v) is 6.03. The van der Waals surface area contributed by atoms with Crippen LogP contribution < -0.4 is 5.32 Å². The largest absolute Gasteiger partial charge is 0.464 e. The molecule has 1 heterocycles. The average molecular weight is 321 g/mol. The van der Waals surface area contributed by atoms with Gasteiger partial charge in [0, 0.05) is 12.3 Å². The van der Waals surface area contributed by atoms with Gasteiger partial charge >= 0.3 is 5.97 Å². The van der Waals surface area contributed by atoms with Crippen LogP contribution in [0.5, 0.6) is 0 Å². The molecule has 1 N–H and O–H groups in total. The van der Waals surface area contributed by atoms with Crippen molar-refractivity contribution in [2.45, 2.75) is 12.3 Å². The Balaban J connectivity index is 1.56. The number of fused-ring (bicyclic) bond motifs is 3. The van der Waals surface area contributed by atoms with Crippen molar-refractivity contribution in [2.75, 3.05) is 6.61 Å². The monoisotopic (exact) mass is 321 g/mol. The summed E-state index contributed by atoms with van der Waals surface area (Å²) in [6, 6.07) is 16.1. The van der Waals surface area contributed by atoms with Gasteiger partial charge in [0.25, 0.3) is 0 Å². The third kappa shape index (κ3) is 2.29. The summed E-state index contributed by atoms with van der Waals surface area (Å²) in [5, 5.41) is 2.13. The molecule has 2 amide bonds. The Morgan fingerprint density at radius 2 is 1.58 bits per heavy atom. The number of amides is 2. The highest BCUT2D eigenvalue weighted by Crippen LogP contribution is 2.44. The maximum absolute atomic E-state index is 12.1. The summed E-state index contributed by atoms with van der Waals surface area (Å²) in [6.07, 6.45) is -0.129. The molecule has 0 radical (unpaired) electrons. The van der Waals surface area contributed by atoms with E-state index in [2.05, 4.69) is 17.4 Å². The molecular weight excluding hydrogens is 306 g/mol. The van der Waals surface area contributed by atoms with Gasteiger partial charge < -0.3 is 4.74 Å². The predicted molar refractivity (Wildman–Crippen MR) is 85.9 cm³/mol. The summed E-state index contributed by atoms with van der Waals surface area (Å²) in [7, 11) is 0. The van der Waals surface area contributed by atoms with Gasteiger partial charge in [0.1, 0.15) is 12.5 Å². The van der Waals surface area contributed by atoms with Gasteiger partial charge in [-0.1, -0.05) is 48.5 Å². The van der Waals surface area contributed by atoms with Crippen LogP contribution in [0.1, 0.15) is 23.5 Å². The fourth-order valence-electron chi connectivity index (χ4n) is 3.45. The van der Waals surface area contributed by atoms with Crippen LogP contribution in [0.2, 0.25) is 0 Å². The second-order valence-electron chi connectivity index (χ2n) is 6.03. The van der Waals surface area contributed by atoms with Crippen LogP contribution in [-0.4, -0.2) is 24.4 Å². The number of ether oxygens (including phenoxy) is 1. The molecule has 5 nitrogen and oxygen atoms in total. The Hall–Kier alpha value is -2.95. The van der Waals surface area contributed by atoms with E-state index in [-0.39, 0.29) is 18.9 Å². The Morgan fingerprint density at radius 1 is 1.00 bits per heavy atom. The topological polar surface area (TPSA) is 72.5 Å². The lowest BCUT2D eigenvalue weighted by molar-refractivity contribution is -0.151. The highest BCUT2D eigenvalue weighted by molar-refractivity contribution is 6.12. The zero-order valence-electron chi connectivity index (χ0n) is 12.8. The van der Waals surface area contributed by atoms with Gasteiger partial charge in [-0.2, -0.15) is 0 Å². The minimum Gasteiger partial charge on any atom is -0.464 e. The summed E-state index contributed by atoms with van der Waals surface area (Å²) in [5.41, 5.74) is 4.50. The molecule has 1 unspecified atom stereocenters. The van der Waals surface area contributed by atoms with Crippen LogP contribution >= 0.6 is 0 Å². The van der Waals surface area contributed by atoms with Crippen molar-refractivity contribution in [1.82, 2.24) is 5.32 Å². The second kappa shape index (κ2) is 5.60. The number of hydrogen-bond donors (Lipinski definition) is 1. The van der Waals surface area contributed by atoms with Crippen LogP contribution in [-0.2, 0) is 19.1 Å². The fourth-order valence-corrected chi connectivity index (χ4v) is 3.45. The number of imide groups is 1. The van der Waals surface area contributed by atoms with E-state index in [0.717, 1.165) is 22.3 Å². The molecule has 120 valence electrons. The Labute approximate surface area is 138 Å². The normalized spacial score (nSPS) is 18.9. The molecule has 2 aromatic carbocycles. The summed E-state index contributed by atoms with van der Waals surface area (Å²) in [6.45, 7) is 0.158. The van der Waals surface area contributed by atoms with Crippen LogP contribution in [0.25, 0.3) is 11.1 Å². The molecule has 0 spiro atoms. The van der Waals surface area contributed by atoms with Gasteiger partial charge in [-0.3, -0.25) is 19.7 Å². The predicted octanol–water partition coefficient (Wildman–Crippen LogP) is 2.00. The zero-order valence-corrected chi connectivity index (χ0v) is 12.8. The molecule has 1 aliphatic heterocycles. The molecule has 2 aromatic rings. The first-order valence-corrected chi connectivity index (χ1v) is 7.83. The van der Waals surface area contributed by atoms with Crippen LogP contribution in [0.3, 0.4) is 0 Å². The molecule has 1 saturated heterocycles. The van der Waals surface area contributed by atoms with Crippen molar-refractivity contribution in [2.24, 2.45) is 5.92 Å². The van der Waals surface area contributed by atoms with Crippen molar-refractivity contribution in [1.29, 1.82) is 0 Å². The van der Waals surface area contributed by atoms with Crippen molar-refractivity contribution in [3.05, 3.63) is 59.7 Å². The highest BCUT2D eigenvalue weighted by Gasteiger charge is 2.38. The number of carbonyl (C=O) groups excluding carboxylic acids is 3. The minimum absolute atomic E-state index is 0.0542. The van der Waals surface area contributed by atoms with E-state index < -0.39 is 23.7 Å². The van der Waals surface area contributed by atoms with E-state index in [1.807, 2.05) is 36.4 Å². The molecule has 5 heteroatoms. The minimum atomic E-state index is -1.02. The highest BCUT2D eigenvalue weighted by atomic mass is 16.5. The van der Waals surface area contributed by atoms with E-state index in [4.69, 9.17) is 4.74 Å². The summed E-state index contributed by atoms with van der Waals surface area (Å²) in [5.74, 6) is -2.72. The summed E-state index contributed by atoms with van der Waals surface area (Å²) >= 11 is 0. The van der Waals surface area contributed by atoms with E-state index in [1.165, 1.54) is 0 Å². The third-order valence-electron chi connectivity index (χ3n) is 4.61. The summed E-state index contributed by atoms with van der Waals surface area (Å²) in [4.78, 5) is 34.9. The number of nitrogens with one attached hydrogen (secondary N) is 1. The van der Waals surface area contributed by atoms with Gasteiger partial charge in [0.15, 0.2) is 0 Å². The molecule has 1 fully saturated rings. The van der Waals surface area contributed by atoms with Crippen LogP contribution in [0.4, 0.5) is 0 Å². The lowest BCUT2D eigenvalue weighted by atomic mass is 9.98. The number of benzene rings is 2. The van der Waals surface area contributed by atoms with Gasteiger partial charge in [-0.15, -0.1) is 0 Å². The van der Waals surface area contributed by atoms with Crippen molar-refractivity contribution in [3.8, 4) is 11.1 Å². The van der Waals surface area contributed by atoms with E-state index >= 15 is 0 Å². The molecule has 2 aliphatic rings. The first-order chi connectivity index (χ1) is 11.6. The van der Waals surface area contributed by atoms with E-state index in [1.54, 1.807) is 0 Å². The number of esters is 1. The lowest BCUT2D eigenvalue weighted by Crippen LogP contribution is -2.28. The molecule has 1 aliphatic carbocycles. The molecule has 0 aromatic heterocycles. The van der Waals surface area contributed by atoms with E-state index in [0.29, 0.717) is 0 Å². The number of rotatable bonds is 3. The standard InChI is InChI=1S/C19H15NO4/c21-17-9-15(18(22)20-17)19(23)24-10-16-13-7-3-1-5-11(13)12-6-2-4-8-14(12)16/h1-8,15-16H,9-10H2,(H,20,21,22). The molecular formula is C19H15NO4. The SMILES string of the molecule is O=C1CC(C(=O)OCC2c3ccccc3-c3ccccc32)C(=O)N1. The van der Waals surface area contributed by atoms with E-state index in [9.17, 15) is 14.4 Å². The zero-order chi connectivity index (χ0) is 16.7. The van der Waals surface area contributed by atoms with Crippen molar-refractivity contribution in [3.63, 3.8) is 0 Å². The Morgan fingerprint density at radius 3 is 2.12 bits per heavy atom. The first kappa shape index (κ1) is 14.6. The van der Waals surface area contributed by atoms with Crippen molar-refractivity contribution < 1.29 is 19.1 Å². The Bertz CT molecular complexity index is 812. The molecule has 4 rings (SSSR count). The maximum Gasteiger partial charge on any atom is 0.319 e. The van der Waals surface area contributed by atoms with Crippen LogP contribution in [0, 0.1) is 5.92 Å². The van der Waals surface area contributed by atoms with Gasteiger partial charge in [0.05, 0.1) is 0 Å². The average Bonchev–Trinajstić information content (AvgIpc) is 3.10. The molecule has 24 heavy (non-hydrogen) atoms. The number of hydrogen-bond acceptors (Lipinski definition) is 4. The van der Waals surface area contributed by atoms with Gasteiger partial charge in [0.2, 0.25) is 11.8 Å². The third-order valence-corrected chi connectivity index (χ3v) is 4.61. The van der Waals surface area contributed by atoms with Crippen LogP contribution in [0.15, 0.2) is 48.5 Å². The molecule has 1 atom stereocenters. The Kier molecular flexibility index (Phi) is 3.41. The first-order valence-electron chi connectivity index (χ1n) is 7.83. The van der Waals surface area contributed by atoms with Crippen molar-refractivity contribution >= 4 is 17.8 Å². The quantitative estimate of drug-likeness (QED) is 0.533.